The van der Waals surface area contributed by atoms with E-state index in [-0.39, 0.29) is 54.8 Å². The van der Waals surface area contributed by atoms with Gasteiger partial charge in [-0.2, -0.15) is 9.40 Å². The van der Waals surface area contributed by atoms with E-state index < -0.39 is 33.7 Å². The summed E-state index contributed by atoms with van der Waals surface area (Å²) >= 11 is 0. The molecule has 40 heavy (non-hydrogen) atoms. The summed E-state index contributed by atoms with van der Waals surface area (Å²) in [6.45, 7) is 2.53. The van der Waals surface area contributed by atoms with Crippen molar-refractivity contribution in [3.8, 4) is 5.69 Å². The maximum absolute atomic E-state index is 15.3. The monoisotopic (exact) mass is 565 g/mol. The first kappa shape index (κ1) is 26.3. The van der Waals surface area contributed by atoms with E-state index in [1.807, 2.05) is 31.2 Å². The molecule has 2 aromatic carbocycles. The first-order valence-electron chi connectivity index (χ1n) is 13.2. The molecule has 1 aromatic heterocycles. The summed E-state index contributed by atoms with van der Waals surface area (Å²) in [4.78, 5) is 38.3. The summed E-state index contributed by atoms with van der Waals surface area (Å²) in [6, 6.07) is 9.69. The van der Waals surface area contributed by atoms with Crippen molar-refractivity contribution in [2.24, 2.45) is 0 Å². The van der Waals surface area contributed by atoms with Crippen LogP contribution >= 0.6 is 0 Å². The third kappa shape index (κ3) is 4.50. The molecule has 0 saturated carbocycles. The van der Waals surface area contributed by atoms with Crippen LogP contribution in [0.1, 0.15) is 58.6 Å². The van der Waals surface area contributed by atoms with Gasteiger partial charge in [-0.15, -0.1) is 0 Å². The van der Waals surface area contributed by atoms with Crippen LogP contribution in [0, 0.1) is 12.7 Å². The van der Waals surface area contributed by atoms with Gasteiger partial charge in [0.05, 0.1) is 18.1 Å². The van der Waals surface area contributed by atoms with Gasteiger partial charge in [0.25, 0.3) is 5.91 Å². The Morgan fingerprint density at radius 3 is 2.52 bits per heavy atom. The Labute approximate surface area is 230 Å². The number of carbonyl (C=O) groups is 3. The third-order valence-electron chi connectivity index (χ3n) is 8.09. The molecule has 208 valence electrons. The largest absolute Gasteiger partial charge is 0.322 e. The van der Waals surface area contributed by atoms with Crippen molar-refractivity contribution in [1.29, 1.82) is 0 Å². The number of amides is 3. The number of benzene rings is 2. The number of piperidine rings is 2. The lowest BCUT2D eigenvalue weighted by molar-refractivity contribution is -0.136. The summed E-state index contributed by atoms with van der Waals surface area (Å²) in [5, 5.41) is 6.52. The summed E-state index contributed by atoms with van der Waals surface area (Å²) in [6.07, 6.45) is 4.08. The minimum Gasteiger partial charge on any atom is -0.322 e. The van der Waals surface area contributed by atoms with Gasteiger partial charge in [0.1, 0.15) is 16.8 Å². The smallest absolute Gasteiger partial charge is 0.255 e. The Bertz CT molecular complexity index is 1640. The van der Waals surface area contributed by atoms with Gasteiger partial charge < -0.3 is 4.90 Å². The SMILES string of the molecule is Cc1ccccc1-n1cc(S(=O)(=O)N2CCC(c3cc4c(cc3F)C(=O)N(C3CCC(=O)NC3=O)C4)CC2)cn1. The predicted molar refractivity (Wildman–Crippen MR) is 141 cm³/mol. The molecule has 1 N–H and O–H groups in total. The second-order valence-electron chi connectivity index (χ2n) is 10.5. The highest BCUT2D eigenvalue weighted by molar-refractivity contribution is 7.89. The van der Waals surface area contributed by atoms with Gasteiger partial charge in [-0.05, 0) is 60.9 Å². The van der Waals surface area contributed by atoms with Gasteiger partial charge >= 0.3 is 0 Å². The fourth-order valence-electron chi connectivity index (χ4n) is 5.87. The third-order valence-corrected chi connectivity index (χ3v) is 9.95. The van der Waals surface area contributed by atoms with Crippen LogP contribution in [0.15, 0.2) is 53.7 Å². The summed E-state index contributed by atoms with van der Waals surface area (Å²) in [5.41, 5.74) is 3.06. The van der Waals surface area contributed by atoms with E-state index in [0.29, 0.717) is 24.0 Å². The second kappa shape index (κ2) is 9.93. The highest BCUT2D eigenvalue weighted by Gasteiger charge is 2.40. The standard InChI is InChI=1S/C28H28FN5O5S/c1-17-4-2-3-5-24(17)34-16-20(14-30-34)40(38,39)32-10-8-18(9-11-32)21-12-19-15-33(28(37)22(19)13-23(21)29)25-6-7-26(35)31-27(25)36/h2-5,12-14,16,18,25H,6-11,15H2,1H3,(H,31,35,36). The van der Waals surface area contributed by atoms with Crippen molar-refractivity contribution in [2.45, 2.75) is 56.0 Å². The average Bonchev–Trinajstić information content (AvgIpc) is 3.55. The Hall–Kier alpha value is -3.90. The number of imide groups is 1. The number of sulfonamides is 1. The van der Waals surface area contributed by atoms with Crippen molar-refractivity contribution < 1.29 is 27.2 Å². The Kier molecular flexibility index (Phi) is 6.54. The van der Waals surface area contributed by atoms with Gasteiger partial charge in [0.15, 0.2) is 0 Å². The fourth-order valence-corrected chi connectivity index (χ4v) is 7.27. The molecule has 0 spiro atoms. The number of hydrogen-bond donors (Lipinski definition) is 1. The van der Waals surface area contributed by atoms with E-state index in [1.54, 1.807) is 10.7 Å². The molecule has 0 radical (unpaired) electrons. The normalized spacial score (nSPS) is 20.6. The first-order chi connectivity index (χ1) is 19.1. The maximum atomic E-state index is 15.3. The number of nitrogens with zero attached hydrogens (tertiary/aromatic N) is 4. The molecule has 3 aliphatic heterocycles. The molecule has 1 atom stereocenters. The zero-order chi connectivity index (χ0) is 28.2. The van der Waals surface area contributed by atoms with E-state index in [4.69, 9.17) is 0 Å². The lowest BCUT2D eigenvalue weighted by Gasteiger charge is -2.31. The molecule has 6 rings (SSSR count). The molecule has 10 nitrogen and oxygen atoms in total. The van der Waals surface area contributed by atoms with E-state index in [0.717, 1.165) is 11.3 Å². The number of para-hydroxylation sites is 1. The topological polar surface area (TPSA) is 122 Å². The molecule has 3 amide bonds. The lowest BCUT2D eigenvalue weighted by atomic mass is 9.88. The molecule has 2 fully saturated rings. The van der Waals surface area contributed by atoms with Crippen molar-refractivity contribution in [1.82, 2.24) is 24.3 Å². The zero-order valence-corrected chi connectivity index (χ0v) is 22.7. The molecule has 0 aliphatic carbocycles. The van der Waals surface area contributed by atoms with Crippen molar-refractivity contribution in [3.63, 3.8) is 0 Å². The van der Waals surface area contributed by atoms with Crippen LogP contribution < -0.4 is 5.32 Å². The predicted octanol–water partition coefficient (Wildman–Crippen LogP) is 2.65. The molecular weight excluding hydrogens is 537 g/mol. The highest BCUT2D eigenvalue weighted by atomic mass is 32.2. The van der Waals surface area contributed by atoms with Gasteiger partial charge in [-0.1, -0.05) is 24.3 Å². The number of halogens is 1. The Morgan fingerprint density at radius 1 is 1.05 bits per heavy atom. The number of aryl methyl sites for hydroxylation is 1. The van der Waals surface area contributed by atoms with Crippen LogP contribution in [0.2, 0.25) is 0 Å². The molecule has 0 bridgehead atoms. The summed E-state index contributed by atoms with van der Waals surface area (Å²) in [5.74, 6) is -2.05. The molecule has 12 heteroatoms. The summed E-state index contributed by atoms with van der Waals surface area (Å²) < 4.78 is 44.9. The minimum atomic E-state index is -3.78. The Balaban J connectivity index is 1.16. The Morgan fingerprint density at radius 2 is 1.80 bits per heavy atom. The van der Waals surface area contributed by atoms with Gasteiger partial charge in [-0.25, -0.2) is 17.5 Å². The maximum Gasteiger partial charge on any atom is 0.255 e. The van der Waals surface area contributed by atoms with Gasteiger partial charge in [0, 0.05) is 31.6 Å². The lowest BCUT2D eigenvalue weighted by Crippen LogP contribution is -2.52. The van der Waals surface area contributed by atoms with Gasteiger partial charge in [-0.3, -0.25) is 19.7 Å². The quantitative estimate of drug-likeness (QED) is 0.475. The van der Waals surface area contributed by atoms with Crippen LogP contribution in [0.5, 0.6) is 0 Å². The van der Waals surface area contributed by atoms with Crippen molar-refractivity contribution in [2.75, 3.05) is 13.1 Å². The number of aromatic nitrogens is 2. The van der Waals surface area contributed by atoms with Crippen LogP contribution in [0.25, 0.3) is 5.69 Å². The number of carbonyl (C=O) groups excluding carboxylic acids is 3. The van der Waals surface area contributed by atoms with Crippen LogP contribution in [-0.4, -0.2) is 64.3 Å². The minimum absolute atomic E-state index is 0.102. The first-order valence-corrected chi connectivity index (χ1v) is 14.7. The highest BCUT2D eigenvalue weighted by Crippen LogP contribution is 2.36. The van der Waals surface area contributed by atoms with E-state index in [2.05, 4.69) is 10.4 Å². The van der Waals surface area contributed by atoms with Crippen molar-refractivity contribution >= 4 is 27.7 Å². The fraction of sp³-hybridized carbons (Fsp3) is 0.357. The molecular formula is C28H28FN5O5S. The number of hydrogen-bond acceptors (Lipinski definition) is 6. The van der Waals surface area contributed by atoms with Gasteiger partial charge in [0.2, 0.25) is 21.8 Å². The number of fused-ring (bicyclic) bond motifs is 1. The molecule has 1 unspecified atom stereocenters. The second-order valence-corrected chi connectivity index (χ2v) is 12.5. The average molecular weight is 566 g/mol. The molecule has 4 heterocycles. The molecule has 3 aromatic rings. The van der Waals surface area contributed by atoms with Crippen molar-refractivity contribution in [3.05, 3.63) is 76.9 Å². The molecule has 3 aliphatic rings. The van der Waals surface area contributed by atoms with E-state index in [9.17, 15) is 22.8 Å². The van der Waals surface area contributed by atoms with E-state index in [1.165, 1.54) is 27.7 Å². The number of rotatable bonds is 5. The van der Waals surface area contributed by atoms with Crippen LogP contribution in [0.3, 0.4) is 0 Å². The molecule has 2 saturated heterocycles. The zero-order valence-electron chi connectivity index (χ0n) is 21.8. The van der Waals surface area contributed by atoms with Crippen LogP contribution in [0.4, 0.5) is 4.39 Å². The summed E-state index contributed by atoms with van der Waals surface area (Å²) in [7, 11) is -3.78. The van der Waals surface area contributed by atoms with E-state index >= 15 is 4.39 Å². The number of nitrogens with one attached hydrogen (secondary N) is 1. The van der Waals surface area contributed by atoms with Crippen LogP contribution in [-0.2, 0) is 26.2 Å².